The standard InChI is InChI=1S/C26H29N3O4/c1-16-7-8-19(11-17(16)2)21-13-22(20-9-10-23-24(12-20)33-15-32-23)29(27-21)25(30)14-28(3)26(31)18-5-4-6-18/h7-12,18,22H,4-6,13-15H2,1-3H3/t22-/m1/s1. The highest BCUT2D eigenvalue weighted by molar-refractivity contribution is 6.03. The molecule has 1 atom stereocenters. The molecule has 2 aromatic rings. The Labute approximate surface area is 194 Å². The fourth-order valence-electron chi connectivity index (χ4n) is 4.54. The maximum absolute atomic E-state index is 13.4. The summed E-state index contributed by atoms with van der Waals surface area (Å²) in [6.45, 7) is 4.37. The number of likely N-dealkylation sites (N-methyl/N-ethyl adjacent to an activating group) is 1. The molecule has 3 aliphatic rings. The number of hydrogen-bond donors (Lipinski definition) is 0. The summed E-state index contributed by atoms with van der Waals surface area (Å²) in [6, 6.07) is 11.7. The van der Waals surface area contributed by atoms with Crippen molar-refractivity contribution in [2.45, 2.75) is 45.6 Å². The number of hydrogen-bond acceptors (Lipinski definition) is 5. The first-order valence-corrected chi connectivity index (χ1v) is 11.5. The molecule has 0 N–H and O–H groups in total. The Morgan fingerprint density at radius 2 is 1.85 bits per heavy atom. The lowest BCUT2D eigenvalue weighted by Crippen LogP contribution is -2.42. The third kappa shape index (κ3) is 4.08. The summed E-state index contributed by atoms with van der Waals surface area (Å²) in [5.41, 5.74) is 5.21. The van der Waals surface area contributed by atoms with Gasteiger partial charge in [0.2, 0.25) is 12.7 Å². The molecule has 0 saturated heterocycles. The zero-order chi connectivity index (χ0) is 23.1. The van der Waals surface area contributed by atoms with Crippen LogP contribution in [0.15, 0.2) is 41.5 Å². The zero-order valence-electron chi connectivity index (χ0n) is 19.3. The monoisotopic (exact) mass is 447 g/mol. The summed E-state index contributed by atoms with van der Waals surface area (Å²) in [5, 5.41) is 6.31. The largest absolute Gasteiger partial charge is 0.454 e. The average molecular weight is 448 g/mol. The maximum atomic E-state index is 13.4. The van der Waals surface area contributed by atoms with Crippen molar-refractivity contribution >= 4 is 17.5 Å². The van der Waals surface area contributed by atoms with Gasteiger partial charge in [0, 0.05) is 19.4 Å². The molecule has 1 aliphatic carbocycles. The van der Waals surface area contributed by atoms with E-state index in [2.05, 4.69) is 32.0 Å². The number of hydrazone groups is 1. The Bertz CT molecular complexity index is 1140. The van der Waals surface area contributed by atoms with Gasteiger partial charge in [0.1, 0.15) is 6.54 Å². The van der Waals surface area contributed by atoms with Crippen LogP contribution in [0.4, 0.5) is 0 Å². The van der Waals surface area contributed by atoms with Gasteiger partial charge in [-0.1, -0.05) is 24.6 Å². The van der Waals surface area contributed by atoms with Crippen molar-refractivity contribution in [3.05, 3.63) is 58.7 Å². The molecule has 1 fully saturated rings. The Hall–Kier alpha value is -3.35. The molecule has 0 radical (unpaired) electrons. The fraction of sp³-hybridized carbons (Fsp3) is 0.423. The van der Waals surface area contributed by atoms with E-state index in [0.29, 0.717) is 17.9 Å². The van der Waals surface area contributed by atoms with Gasteiger partial charge in [-0.2, -0.15) is 5.10 Å². The molecule has 0 spiro atoms. The summed E-state index contributed by atoms with van der Waals surface area (Å²) in [7, 11) is 1.71. The van der Waals surface area contributed by atoms with Crippen molar-refractivity contribution < 1.29 is 19.1 Å². The van der Waals surface area contributed by atoms with Crippen LogP contribution in [0.2, 0.25) is 0 Å². The number of aryl methyl sites for hydroxylation is 2. The van der Waals surface area contributed by atoms with E-state index < -0.39 is 0 Å². The van der Waals surface area contributed by atoms with Gasteiger partial charge in [0.05, 0.1) is 11.8 Å². The second-order valence-corrected chi connectivity index (χ2v) is 9.24. The summed E-state index contributed by atoms with van der Waals surface area (Å²) in [6.07, 6.45) is 3.50. The van der Waals surface area contributed by atoms with E-state index in [1.165, 1.54) is 11.1 Å². The van der Waals surface area contributed by atoms with Gasteiger partial charge in [0.15, 0.2) is 11.5 Å². The van der Waals surface area contributed by atoms with Crippen LogP contribution in [0, 0.1) is 19.8 Å². The number of benzene rings is 2. The van der Waals surface area contributed by atoms with Crippen LogP contribution in [0.3, 0.4) is 0 Å². The summed E-state index contributed by atoms with van der Waals surface area (Å²) >= 11 is 0. The quantitative estimate of drug-likeness (QED) is 0.695. The van der Waals surface area contributed by atoms with E-state index in [1.807, 2.05) is 18.2 Å². The number of carbonyl (C=O) groups is 2. The van der Waals surface area contributed by atoms with Crippen molar-refractivity contribution in [2.75, 3.05) is 20.4 Å². The second-order valence-electron chi connectivity index (χ2n) is 9.24. The molecule has 172 valence electrons. The fourth-order valence-corrected chi connectivity index (χ4v) is 4.54. The highest BCUT2D eigenvalue weighted by Gasteiger charge is 2.36. The van der Waals surface area contributed by atoms with E-state index >= 15 is 0 Å². The van der Waals surface area contributed by atoms with Crippen molar-refractivity contribution in [3.8, 4) is 11.5 Å². The Kier molecular flexibility index (Phi) is 5.56. The molecule has 0 unspecified atom stereocenters. The van der Waals surface area contributed by atoms with Gasteiger partial charge in [-0.15, -0.1) is 0 Å². The first kappa shape index (κ1) is 21.5. The molecule has 7 nitrogen and oxygen atoms in total. The lowest BCUT2D eigenvalue weighted by molar-refractivity contribution is -0.144. The van der Waals surface area contributed by atoms with E-state index in [0.717, 1.165) is 36.1 Å². The zero-order valence-corrected chi connectivity index (χ0v) is 19.3. The third-order valence-corrected chi connectivity index (χ3v) is 6.99. The number of rotatable bonds is 5. The first-order valence-electron chi connectivity index (χ1n) is 11.5. The molecule has 0 bridgehead atoms. The van der Waals surface area contributed by atoms with Crippen molar-refractivity contribution in [3.63, 3.8) is 0 Å². The molecule has 5 rings (SSSR count). The minimum atomic E-state index is -0.268. The molecule has 2 heterocycles. The second kappa shape index (κ2) is 8.54. The van der Waals surface area contributed by atoms with Crippen LogP contribution in [0.5, 0.6) is 11.5 Å². The predicted octanol–water partition coefficient (Wildman–Crippen LogP) is 3.97. The van der Waals surface area contributed by atoms with Crippen LogP contribution in [0.1, 0.15) is 54.0 Å². The molecule has 7 heteroatoms. The number of nitrogens with zero attached hydrogens (tertiary/aromatic N) is 3. The SMILES string of the molecule is Cc1ccc(C2=NN(C(=O)CN(C)C(=O)C3CCC3)[C@@H](c3ccc4c(c3)OCO4)C2)cc1C. The molecule has 33 heavy (non-hydrogen) atoms. The van der Waals surface area contributed by atoms with Crippen molar-refractivity contribution in [1.82, 2.24) is 9.91 Å². The average Bonchev–Trinajstić information content (AvgIpc) is 3.41. The van der Waals surface area contributed by atoms with Gasteiger partial charge >= 0.3 is 0 Å². The minimum Gasteiger partial charge on any atom is -0.454 e. The molecule has 2 aromatic carbocycles. The normalized spacial score (nSPS) is 19.3. The summed E-state index contributed by atoms with van der Waals surface area (Å²) in [4.78, 5) is 27.5. The van der Waals surface area contributed by atoms with Gasteiger partial charge in [-0.05, 0) is 67.1 Å². The van der Waals surface area contributed by atoms with Crippen LogP contribution >= 0.6 is 0 Å². The number of ether oxygens (including phenoxy) is 2. The van der Waals surface area contributed by atoms with Crippen LogP contribution in [-0.2, 0) is 9.59 Å². The summed E-state index contributed by atoms with van der Waals surface area (Å²) < 4.78 is 11.0. The van der Waals surface area contributed by atoms with E-state index in [-0.39, 0.29) is 37.1 Å². The number of amides is 2. The lowest BCUT2D eigenvalue weighted by atomic mass is 9.84. The van der Waals surface area contributed by atoms with E-state index in [4.69, 9.17) is 14.6 Å². The predicted molar refractivity (Wildman–Crippen MR) is 124 cm³/mol. The third-order valence-electron chi connectivity index (χ3n) is 6.99. The smallest absolute Gasteiger partial charge is 0.262 e. The Morgan fingerprint density at radius 3 is 2.58 bits per heavy atom. The van der Waals surface area contributed by atoms with E-state index in [9.17, 15) is 9.59 Å². The van der Waals surface area contributed by atoms with Crippen LogP contribution in [-0.4, -0.2) is 47.8 Å². The highest BCUT2D eigenvalue weighted by Crippen LogP contribution is 2.39. The molecule has 2 amide bonds. The molecular weight excluding hydrogens is 418 g/mol. The maximum Gasteiger partial charge on any atom is 0.262 e. The topological polar surface area (TPSA) is 71.4 Å². The minimum absolute atomic E-state index is 0.0140. The van der Waals surface area contributed by atoms with Gasteiger partial charge in [0.25, 0.3) is 5.91 Å². The van der Waals surface area contributed by atoms with Crippen molar-refractivity contribution in [1.29, 1.82) is 0 Å². The molecule has 0 aromatic heterocycles. The van der Waals surface area contributed by atoms with Gasteiger partial charge in [-0.3, -0.25) is 9.59 Å². The Balaban J connectivity index is 1.43. The molecule has 1 saturated carbocycles. The van der Waals surface area contributed by atoms with Crippen LogP contribution < -0.4 is 9.47 Å². The van der Waals surface area contributed by atoms with Gasteiger partial charge in [-0.25, -0.2) is 5.01 Å². The lowest BCUT2D eigenvalue weighted by Gasteiger charge is -2.30. The van der Waals surface area contributed by atoms with Crippen LogP contribution in [0.25, 0.3) is 0 Å². The van der Waals surface area contributed by atoms with Crippen molar-refractivity contribution in [2.24, 2.45) is 11.0 Å². The van der Waals surface area contributed by atoms with Gasteiger partial charge < -0.3 is 14.4 Å². The first-order chi connectivity index (χ1) is 15.9. The number of carbonyl (C=O) groups excluding carboxylic acids is 2. The van der Waals surface area contributed by atoms with E-state index in [1.54, 1.807) is 17.0 Å². The molecule has 2 aliphatic heterocycles. The molecular formula is C26H29N3O4. The number of fused-ring (bicyclic) bond motifs is 1. The summed E-state index contributed by atoms with van der Waals surface area (Å²) in [5.74, 6) is 1.30. The highest BCUT2D eigenvalue weighted by atomic mass is 16.7. The Morgan fingerprint density at radius 1 is 1.06 bits per heavy atom.